The zero-order chi connectivity index (χ0) is 19.7. The second-order valence-electron chi connectivity index (χ2n) is 5.90. The third-order valence-corrected chi connectivity index (χ3v) is 4.08. The van der Waals surface area contributed by atoms with E-state index in [1.165, 1.54) is 42.9 Å². The summed E-state index contributed by atoms with van der Waals surface area (Å²) < 4.78 is 46.0. The highest BCUT2D eigenvalue weighted by Gasteiger charge is 2.34. The fourth-order valence-electron chi connectivity index (χ4n) is 2.77. The number of alkyl halides is 3. The molecular weight excluding hydrogens is 371 g/mol. The van der Waals surface area contributed by atoms with Crippen molar-refractivity contribution in [2.75, 3.05) is 0 Å². The van der Waals surface area contributed by atoms with Crippen molar-refractivity contribution in [2.24, 2.45) is 5.10 Å². The van der Waals surface area contributed by atoms with Crippen LogP contribution in [0.25, 0.3) is 22.2 Å². The first-order valence-electron chi connectivity index (χ1n) is 8.21. The van der Waals surface area contributed by atoms with Crippen molar-refractivity contribution in [1.82, 2.24) is 9.66 Å². The summed E-state index contributed by atoms with van der Waals surface area (Å²) in [7, 11) is 0. The van der Waals surface area contributed by atoms with Crippen LogP contribution in [0.1, 0.15) is 11.3 Å². The SMILES string of the molecule is O=c1c2ccccc2ncn1/N=C/c1ccc(-c2ccccc2C(F)(F)F)o1. The Hall–Kier alpha value is -3.68. The number of nitrogens with zero attached hydrogens (tertiary/aromatic N) is 3. The van der Waals surface area contributed by atoms with E-state index in [1.54, 1.807) is 24.3 Å². The van der Waals surface area contributed by atoms with E-state index in [4.69, 9.17) is 4.42 Å². The van der Waals surface area contributed by atoms with Crippen LogP contribution in [0.15, 0.2) is 81.3 Å². The molecule has 0 atom stereocenters. The van der Waals surface area contributed by atoms with Gasteiger partial charge in [0.1, 0.15) is 17.8 Å². The number of hydrogen-bond donors (Lipinski definition) is 0. The van der Waals surface area contributed by atoms with E-state index in [9.17, 15) is 18.0 Å². The molecular formula is C20H12F3N3O2. The Bertz CT molecular complexity index is 1240. The third-order valence-electron chi connectivity index (χ3n) is 4.08. The van der Waals surface area contributed by atoms with Crippen molar-refractivity contribution >= 4 is 17.1 Å². The Morgan fingerprint density at radius 2 is 1.75 bits per heavy atom. The zero-order valence-corrected chi connectivity index (χ0v) is 14.2. The summed E-state index contributed by atoms with van der Waals surface area (Å²) in [5.74, 6) is 0.255. The smallest absolute Gasteiger partial charge is 0.417 e. The molecule has 0 unspecified atom stereocenters. The van der Waals surface area contributed by atoms with Crippen LogP contribution in [-0.2, 0) is 6.18 Å². The number of para-hydroxylation sites is 1. The zero-order valence-electron chi connectivity index (χ0n) is 14.2. The minimum absolute atomic E-state index is 0.0540. The molecule has 28 heavy (non-hydrogen) atoms. The number of hydrogen-bond acceptors (Lipinski definition) is 4. The molecule has 0 aliphatic rings. The lowest BCUT2D eigenvalue weighted by Gasteiger charge is -2.10. The van der Waals surface area contributed by atoms with Crippen LogP contribution in [0.2, 0.25) is 0 Å². The molecule has 0 aliphatic heterocycles. The molecule has 0 aliphatic carbocycles. The van der Waals surface area contributed by atoms with Crippen molar-refractivity contribution in [3.63, 3.8) is 0 Å². The molecule has 140 valence electrons. The highest BCUT2D eigenvalue weighted by Crippen LogP contribution is 2.37. The Kier molecular flexibility index (Phi) is 4.31. The van der Waals surface area contributed by atoms with Gasteiger partial charge in [-0.3, -0.25) is 4.79 Å². The number of furan rings is 1. The molecule has 0 amide bonds. The van der Waals surface area contributed by atoms with Crippen LogP contribution in [-0.4, -0.2) is 15.9 Å². The van der Waals surface area contributed by atoms with Crippen molar-refractivity contribution in [3.05, 3.63) is 88.7 Å². The molecule has 2 aromatic carbocycles. The number of rotatable bonds is 3. The number of aromatic nitrogens is 2. The van der Waals surface area contributed by atoms with Gasteiger partial charge in [0.15, 0.2) is 0 Å². The van der Waals surface area contributed by atoms with Crippen LogP contribution in [0.5, 0.6) is 0 Å². The van der Waals surface area contributed by atoms with Crippen molar-refractivity contribution in [2.45, 2.75) is 6.18 Å². The first kappa shape index (κ1) is 17.7. The molecule has 2 heterocycles. The maximum absolute atomic E-state index is 13.2. The molecule has 0 spiro atoms. The van der Waals surface area contributed by atoms with E-state index in [0.717, 1.165) is 10.7 Å². The van der Waals surface area contributed by atoms with Crippen LogP contribution in [0.4, 0.5) is 13.2 Å². The van der Waals surface area contributed by atoms with Crippen LogP contribution < -0.4 is 5.56 Å². The molecule has 0 N–H and O–H groups in total. The standard InChI is InChI=1S/C20H12F3N3O2/c21-20(22,23)16-7-3-1-5-14(16)18-10-9-13(28-18)11-25-26-12-24-17-8-4-2-6-15(17)19(26)27/h1-12H/b25-11+. The molecule has 2 aromatic heterocycles. The van der Waals surface area contributed by atoms with Gasteiger partial charge < -0.3 is 4.42 Å². The second kappa shape index (κ2) is 6.80. The Labute approximate surface area is 156 Å². The van der Waals surface area contributed by atoms with Crippen LogP contribution in [0, 0.1) is 0 Å². The number of fused-ring (bicyclic) bond motifs is 1. The summed E-state index contributed by atoms with van der Waals surface area (Å²) in [6.07, 6.45) is -1.98. The molecule has 5 nitrogen and oxygen atoms in total. The Morgan fingerprint density at radius 1 is 1.00 bits per heavy atom. The van der Waals surface area contributed by atoms with Gasteiger partial charge in [-0.05, 0) is 30.3 Å². The maximum Gasteiger partial charge on any atom is 0.417 e. The van der Waals surface area contributed by atoms with Gasteiger partial charge in [0.25, 0.3) is 5.56 Å². The largest absolute Gasteiger partial charge is 0.455 e. The fraction of sp³-hybridized carbons (Fsp3) is 0.0500. The summed E-state index contributed by atoms with van der Waals surface area (Å²) in [5.41, 5.74) is -0.680. The van der Waals surface area contributed by atoms with Gasteiger partial charge in [-0.25, -0.2) is 4.98 Å². The van der Waals surface area contributed by atoms with Gasteiger partial charge in [-0.2, -0.15) is 22.9 Å². The average Bonchev–Trinajstić information content (AvgIpc) is 3.16. The van der Waals surface area contributed by atoms with Gasteiger partial charge in [0.05, 0.1) is 22.7 Å². The van der Waals surface area contributed by atoms with Crippen LogP contribution in [0.3, 0.4) is 0 Å². The highest BCUT2D eigenvalue weighted by molar-refractivity contribution is 5.79. The van der Waals surface area contributed by atoms with E-state index in [0.29, 0.717) is 10.9 Å². The normalized spacial score (nSPS) is 12.1. The minimum atomic E-state index is -4.50. The minimum Gasteiger partial charge on any atom is -0.455 e. The van der Waals surface area contributed by atoms with Crippen molar-refractivity contribution in [1.29, 1.82) is 0 Å². The second-order valence-corrected chi connectivity index (χ2v) is 5.90. The summed E-state index contributed by atoms with van der Waals surface area (Å²) in [6.45, 7) is 0. The molecule has 4 aromatic rings. The quantitative estimate of drug-likeness (QED) is 0.488. The molecule has 0 saturated heterocycles. The van der Waals surface area contributed by atoms with Gasteiger partial charge in [0.2, 0.25) is 0 Å². The predicted molar refractivity (Wildman–Crippen MR) is 98.1 cm³/mol. The molecule has 0 bridgehead atoms. The summed E-state index contributed by atoms with van der Waals surface area (Å²) in [6, 6.07) is 14.9. The number of benzene rings is 2. The lowest BCUT2D eigenvalue weighted by atomic mass is 10.1. The summed E-state index contributed by atoms with van der Waals surface area (Å²) >= 11 is 0. The lowest BCUT2D eigenvalue weighted by Crippen LogP contribution is -2.16. The first-order valence-corrected chi connectivity index (χ1v) is 8.21. The maximum atomic E-state index is 13.2. The summed E-state index contributed by atoms with van der Waals surface area (Å²) in [5, 5.41) is 4.41. The topological polar surface area (TPSA) is 60.4 Å². The summed E-state index contributed by atoms with van der Waals surface area (Å²) in [4.78, 5) is 16.5. The lowest BCUT2D eigenvalue weighted by molar-refractivity contribution is -0.137. The van der Waals surface area contributed by atoms with E-state index in [1.807, 2.05) is 0 Å². The highest BCUT2D eigenvalue weighted by atomic mass is 19.4. The average molecular weight is 383 g/mol. The van der Waals surface area contributed by atoms with Gasteiger partial charge >= 0.3 is 6.18 Å². The molecule has 8 heteroatoms. The number of halogens is 3. The molecule has 0 fully saturated rings. The molecule has 0 radical (unpaired) electrons. The molecule has 0 saturated carbocycles. The molecule has 4 rings (SSSR count). The Morgan fingerprint density at radius 3 is 2.57 bits per heavy atom. The monoisotopic (exact) mass is 383 g/mol. The third kappa shape index (κ3) is 3.32. The van der Waals surface area contributed by atoms with Gasteiger partial charge in [-0.1, -0.05) is 30.3 Å². The van der Waals surface area contributed by atoms with Gasteiger partial charge in [-0.15, -0.1) is 0 Å². The van der Waals surface area contributed by atoms with Crippen molar-refractivity contribution in [3.8, 4) is 11.3 Å². The van der Waals surface area contributed by atoms with Crippen molar-refractivity contribution < 1.29 is 17.6 Å². The van der Waals surface area contributed by atoms with Crippen LogP contribution >= 0.6 is 0 Å². The predicted octanol–water partition coefficient (Wildman–Crippen LogP) is 4.56. The van der Waals surface area contributed by atoms with E-state index in [2.05, 4.69) is 10.1 Å². The fourth-order valence-corrected chi connectivity index (χ4v) is 2.77. The Balaban J connectivity index is 1.67. The van der Waals surface area contributed by atoms with Gasteiger partial charge in [0, 0.05) is 5.56 Å². The first-order chi connectivity index (χ1) is 13.4. The van der Waals surface area contributed by atoms with E-state index in [-0.39, 0.29) is 22.6 Å². The van der Waals surface area contributed by atoms with E-state index >= 15 is 0 Å². The van der Waals surface area contributed by atoms with E-state index < -0.39 is 11.7 Å².